The molecule has 17 heavy (non-hydrogen) atoms. The van der Waals surface area contributed by atoms with Gasteiger partial charge in [-0.3, -0.25) is 0 Å². The molecule has 1 aliphatic rings. The van der Waals surface area contributed by atoms with Crippen molar-refractivity contribution < 1.29 is 9.84 Å². The second-order valence-corrected chi connectivity index (χ2v) is 5.29. The molecule has 0 bridgehead atoms. The van der Waals surface area contributed by atoms with E-state index in [1.54, 1.807) is 12.1 Å². The van der Waals surface area contributed by atoms with Crippen LogP contribution in [0.5, 0.6) is 5.75 Å². The number of hydrogen-bond acceptors (Lipinski definition) is 2. The molecule has 0 radical (unpaired) electrons. The first-order valence-electron chi connectivity index (χ1n) is 6.26. The summed E-state index contributed by atoms with van der Waals surface area (Å²) in [5, 5.41) is 10.8. The summed E-state index contributed by atoms with van der Waals surface area (Å²) in [7, 11) is 0. The highest BCUT2D eigenvalue weighted by molar-refractivity contribution is 6.30. The molecule has 1 aliphatic heterocycles. The van der Waals surface area contributed by atoms with Gasteiger partial charge in [0.15, 0.2) is 0 Å². The van der Waals surface area contributed by atoms with Crippen LogP contribution in [0.25, 0.3) is 0 Å². The largest absolute Gasteiger partial charge is 0.490 e. The fourth-order valence-electron chi connectivity index (χ4n) is 2.43. The quantitative estimate of drug-likeness (QED) is 0.885. The summed E-state index contributed by atoms with van der Waals surface area (Å²) in [5.74, 6) is 1.25. The van der Waals surface area contributed by atoms with Crippen LogP contribution in [0.15, 0.2) is 18.2 Å². The van der Waals surface area contributed by atoms with Gasteiger partial charge in [-0.05, 0) is 30.5 Å². The second kappa shape index (κ2) is 5.28. The normalized spacial score (nSPS) is 24.9. The average Bonchev–Trinajstić information content (AvgIpc) is 2.30. The molecule has 2 nitrogen and oxygen atoms in total. The summed E-state index contributed by atoms with van der Waals surface area (Å²) in [4.78, 5) is 0. The fourth-order valence-corrected chi connectivity index (χ4v) is 2.62. The number of hydrogen-bond donors (Lipinski definition) is 1. The van der Waals surface area contributed by atoms with E-state index in [0.717, 1.165) is 24.2 Å². The molecule has 1 aromatic rings. The molecule has 0 aliphatic carbocycles. The minimum Gasteiger partial charge on any atom is -0.490 e. The standard InChI is InChI=1S/C14H19ClO2/c1-3-4-9(2)14-8-12(16)11-7-10(15)5-6-13(11)17-14/h5-7,9,12,14,16H,3-4,8H2,1-2H3/t9?,12-,14?/m0/s1. The first-order valence-corrected chi connectivity index (χ1v) is 6.63. The molecule has 94 valence electrons. The van der Waals surface area contributed by atoms with Gasteiger partial charge in [0.2, 0.25) is 0 Å². The zero-order chi connectivity index (χ0) is 12.4. The van der Waals surface area contributed by atoms with Gasteiger partial charge in [-0.2, -0.15) is 0 Å². The Balaban J connectivity index is 2.18. The van der Waals surface area contributed by atoms with E-state index < -0.39 is 6.10 Å². The minimum absolute atomic E-state index is 0.110. The average molecular weight is 255 g/mol. The van der Waals surface area contributed by atoms with Crippen molar-refractivity contribution in [3.05, 3.63) is 28.8 Å². The molecule has 0 saturated carbocycles. The third kappa shape index (κ3) is 2.75. The zero-order valence-electron chi connectivity index (χ0n) is 10.3. The van der Waals surface area contributed by atoms with Crippen LogP contribution in [0, 0.1) is 5.92 Å². The van der Waals surface area contributed by atoms with Crippen molar-refractivity contribution in [2.45, 2.75) is 45.3 Å². The fraction of sp³-hybridized carbons (Fsp3) is 0.571. The highest BCUT2D eigenvalue weighted by Crippen LogP contribution is 2.38. The van der Waals surface area contributed by atoms with Crippen LogP contribution in [0.4, 0.5) is 0 Å². The molecule has 0 spiro atoms. The molecule has 0 amide bonds. The Morgan fingerprint density at radius 3 is 3.00 bits per heavy atom. The van der Waals surface area contributed by atoms with Crippen LogP contribution >= 0.6 is 11.6 Å². The monoisotopic (exact) mass is 254 g/mol. The molecule has 1 N–H and O–H groups in total. The van der Waals surface area contributed by atoms with Crippen LogP contribution in [0.1, 0.15) is 44.8 Å². The number of halogens is 1. The number of rotatable bonds is 3. The van der Waals surface area contributed by atoms with E-state index in [1.165, 1.54) is 0 Å². The maximum Gasteiger partial charge on any atom is 0.125 e. The summed E-state index contributed by atoms with van der Waals surface area (Å²) in [6, 6.07) is 5.45. The van der Waals surface area contributed by atoms with E-state index >= 15 is 0 Å². The predicted molar refractivity (Wildman–Crippen MR) is 69.5 cm³/mol. The molecular weight excluding hydrogens is 236 g/mol. The molecule has 0 fully saturated rings. The van der Waals surface area contributed by atoms with Gasteiger partial charge in [0.25, 0.3) is 0 Å². The number of aliphatic hydroxyl groups excluding tert-OH is 1. The summed E-state index contributed by atoms with van der Waals surface area (Å²) >= 11 is 5.92. The van der Waals surface area contributed by atoms with Gasteiger partial charge < -0.3 is 9.84 Å². The molecule has 0 saturated heterocycles. The number of benzene rings is 1. The van der Waals surface area contributed by atoms with E-state index in [0.29, 0.717) is 17.4 Å². The summed E-state index contributed by atoms with van der Waals surface area (Å²) in [6.07, 6.45) is 2.58. The minimum atomic E-state index is -0.457. The van der Waals surface area contributed by atoms with Crippen molar-refractivity contribution in [2.24, 2.45) is 5.92 Å². The maximum atomic E-state index is 10.1. The van der Waals surface area contributed by atoms with Gasteiger partial charge in [-0.25, -0.2) is 0 Å². The lowest BCUT2D eigenvalue weighted by Gasteiger charge is -2.33. The van der Waals surface area contributed by atoms with E-state index in [9.17, 15) is 5.11 Å². The first-order chi connectivity index (χ1) is 8.11. The van der Waals surface area contributed by atoms with Crippen LogP contribution in [0.3, 0.4) is 0 Å². The number of ether oxygens (including phenoxy) is 1. The zero-order valence-corrected chi connectivity index (χ0v) is 11.1. The van der Waals surface area contributed by atoms with Crippen LogP contribution in [-0.4, -0.2) is 11.2 Å². The van der Waals surface area contributed by atoms with Gasteiger partial charge in [0, 0.05) is 17.0 Å². The molecule has 0 aromatic heterocycles. The van der Waals surface area contributed by atoms with Gasteiger partial charge in [0.1, 0.15) is 11.9 Å². The molecule has 1 aromatic carbocycles. The first kappa shape index (κ1) is 12.7. The van der Waals surface area contributed by atoms with Crippen LogP contribution in [0.2, 0.25) is 5.02 Å². The Labute approximate surface area is 108 Å². The topological polar surface area (TPSA) is 29.5 Å². The van der Waals surface area contributed by atoms with Gasteiger partial charge in [-0.15, -0.1) is 0 Å². The molecule has 3 heteroatoms. The van der Waals surface area contributed by atoms with Crippen molar-refractivity contribution >= 4 is 11.6 Å². The molecule has 2 rings (SSSR count). The Bertz CT molecular complexity index is 392. The smallest absolute Gasteiger partial charge is 0.125 e. The molecule has 3 atom stereocenters. The lowest BCUT2D eigenvalue weighted by atomic mass is 9.90. The highest BCUT2D eigenvalue weighted by atomic mass is 35.5. The predicted octanol–water partition coefficient (Wildman–Crippen LogP) is 3.96. The lowest BCUT2D eigenvalue weighted by molar-refractivity contribution is 0.0361. The van der Waals surface area contributed by atoms with Crippen LogP contribution in [-0.2, 0) is 0 Å². The third-order valence-electron chi connectivity index (χ3n) is 3.44. The van der Waals surface area contributed by atoms with Crippen molar-refractivity contribution in [2.75, 3.05) is 0 Å². The maximum absolute atomic E-state index is 10.1. The second-order valence-electron chi connectivity index (χ2n) is 4.86. The Morgan fingerprint density at radius 2 is 2.29 bits per heavy atom. The van der Waals surface area contributed by atoms with Gasteiger partial charge in [-0.1, -0.05) is 31.9 Å². The highest BCUT2D eigenvalue weighted by Gasteiger charge is 2.30. The van der Waals surface area contributed by atoms with E-state index in [-0.39, 0.29) is 6.10 Å². The number of fused-ring (bicyclic) bond motifs is 1. The Morgan fingerprint density at radius 1 is 1.53 bits per heavy atom. The third-order valence-corrected chi connectivity index (χ3v) is 3.68. The van der Waals surface area contributed by atoms with Crippen molar-refractivity contribution in [1.29, 1.82) is 0 Å². The summed E-state index contributed by atoms with van der Waals surface area (Å²) in [6.45, 7) is 4.35. The lowest BCUT2D eigenvalue weighted by Crippen LogP contribution is -2.31. The molecule has 2 unspecified atom stereocenters. The van der Waals surface area contributed by atoms with Gasteiger partial charge in [0.05, 0.1) is 6.10 Å². The van der Waals surface area contributed by atoms with E-state index in [1.807, 2.05) is 6.07 Å². The van der Waals surface area contributed by atoms with Crippen molar-refractivity contribution in [3.8, 4) is 5.75 Å². The summed E-state index contributed by atoms with van der Waals surface area (Å²) in [5.41, 5.74) is 0.817. The molecular formula is C14H19ClO2. The van der Waals surface area contributed by atoms with Crippen molar-refractivity contribution in [3.63, 3.8) is 0 Å². The Hall–Kier alpha value is -0.730. The van der Waals surface area contributed by atoms with Crippen LogP contribution < -0.4 is 4.74 Å². The Kier molecular flexibility index (Phi) is 3.95. The number of aliphatic hydroxyl groups is 1. The SMILES string of the molecule is CCCC(C)C1C[C@H](O)c2cc(Cl)ccc2O1. The van der Waals surface area contributed by atoms with E-state index in [2.05, 4.69) is 13.8 Å². The van der Waals surface area contributed by atoms with Crippen molar-refractivity contribution in [1.82, 2.24) is 0 Å². The molecule has 1 heterocycles. The van der Waals surface area contributed by atoms with Gasteiger partial charge >= 0.3 is 0 Å². The summed E-state index contributed by atoms with van der Waals surface area (Å²) < 4.78 is 5.95. The van der Waals surface area contributed by atoms with E-state index in [4.69, 9.17) is 16.3 Å².